The molecule has 2 heterocycles. The number of hydrogen-bond donors (Lipinski definition) is 1. The molecule has 0 radical (unpaired) electrons. The van der Waals surface area contributed by atoms with Crippen molar-refractivity contribution in [1.82, 2.24) is 10.2 Å². The maximum Gasteiger partial charge on any atom is 0.237 e. The van der Waals surface area contributed by atoms with Crippen molar-refractivity contribution in [2.45, 2.75) is 38.3 Å². The van der Waals surface area contributed by atoms with Gasteiger partial charge in [0.05, 0.1) is 6.04 Å². The van der Waals surface area contributed by atoms with Gasteiger partial charge in [-0.2, -0.15) is 0 Å². The van der Waals surface area contributed by atoms with Crippen LogP contribution < -0.4 is 5.32 Å². The third-order valence-corrected chi connectivity index (χ3v) is 3.04. The van der Waals surface area contributed by atoms with Crippen molar-refractivity contribution in [3.63, 3.8) is 0 Å². The highest BCUT2D eigenvalue weighted by atomic mass is 16.2. The van der Waals surface area contributed by atoms with Crippen molar-refractivity contribution in [2.24, 2.45) is 0 Å². The summed E-state index contributed by atoms with van der Waals surface area (Å²) in [6.07, 6.45) is 3.51. The van der Waals surface area contributed by atoms with Crippen LogP contribution in [0.4, 0.5) is 0 Å². The first-order valence-corrected chi connectivity index (χ1v) is 4.82. The minimum Gasteiger partial charge on any atom is -0.353 e. The number of rotatable bonds is 0. The standard InChI is InChI=1S/C9H16N2O/c1-7-3-2-4-8-9(12)10-5-6-11(7)8/h7-8H,2-6H2,1H3,(H,10,12). The summed E-state index contributed by atoms with van der Waals surface area (Å²) in [6.45, 7) is 4.10. The van der Waals surface area contributed by atoms with Crippen molar-refractivity contribution < 1.29 is 4.79 Å². The van der Waals surface area contributed by atoms with E-state index in [0.29, 0.717) is 6.04 Å². The molecule has 0 bridgehead atoms. The van der Waals surface area contributed by atoms with E-state index in [-0.39, 0.29) is 11.9 Å². The monoisotopic (exact) mass is 168 g/mol. The van der Waals surface area contributed by atoms with E-state index < -0.39 is 0 Å². The van der Waals surface area contributed by atoms with Crippen LogP contribution in [0.5, 0.6) is 0 Å². The summed E-state index contributed by atoms with van der Waals surface area (Å²) in [4.78, 5) is 13.8. The molecule has 0 aromatic rings. The summed E-state index contributed by atoms with van der Waals surface area (Å²) in [5.74, 6) is 0.243. The quantitative estimate of drug-likeness (QED) is 0.566. The van der Waals surface area contributed by atoms with Crippen molar-refractivity contribution in [3.05, 3.63) is 0 Å². The van der Waals surface area contributed by atoms with Crippen LogP contribution >= 0.6 is 0 Å². The van der Waals surface area contributed by atoms with Crippen molar-refractivity contribution >= 4 is 5.91 Å². The van der Waals surface area contributed by atoms with Crippen LogP contribution in [0.3, 0.4) is 0 Å². The van der Waals surface area contributed by atoms with Crippen LogP contribution in [-0.2, 0) is 4.79 Å². The second kappa shape index (κ2) is 3.05. The highest BCUT2D eigenvalue weighted by Crippen LogP contribution is 2.23. The van der Waals surface area contributed by atoms with Gasteiger partial charge in [-0.25, -0.2) is 0 Å². The van der Waals surface area contributed by atoms with Gasteiger partial charge in [-0.3, -0.25) is 9.69 Å². The van der Waals surface area contributed by atoms with Crippen LogP contribution in [-0.4, -0.2) is 36.0 Å². The molecule has 2 aliphatic rings. The Kier molecular flexibility index (Phi) is 2.05. The first-order chi connectivity index (χ1) is 5.79. The third-order valence-electron chi connectivity index (χ3n) is 3.04. The number of hydrogen-bond acceptors (Lipinski definition) is 2. The topological polar surface area (TPSA) is 32.3 Å². The van der Waals surface area contributed by atoms with E-state index in [4.69, 9.17) is 0 Å². The molecule has 2 fully saturated rings. The van der Waals surface area contributed by atoms with E-state index in [1.807, 2.05) is 0 Å². The second-order valence-electron chi connectivity index (χ2n) is 3.82. The molecule has 2 atom stereocenters. The lowest BCUT2D eigenvalue weighted by Crippen LogP contribution is -2.59. The van der Waals surface area contributed by atoms with Gasteiger partial charge in [0.2, 0.25) is 5.91 Å². The molecule has 0 saturated carbocycles. The lowest BCUT2D eigenvalue weighted by Gasteiger charge is -2.42. The summed E-state index contributed by atoms with van der Waals surface area (Å²) in [7, 11) is 0. The van der Waals surface area contributed by atoms with E-state index >= 15 is 0 Å². The Hall–Kier alpha value is -0.570. The fraction of sp³-hybridized carbons (Fsp3) is 0.889. The number of carbonyl (C=O) groups is 1. The van der Waals surface area contributed by atoms with E-state index in [1.165, 1.54) is 12.8 Å². The highest BCUT2D eigenvalue weighted by molar-refractivity contribution is 5.82. The third kappa shape index (κ3) is 1.22. The summed E-state index contributed by atoms with van der Waals surface area (Å²) in [6, 6.07) is 0.789. The maximum atomic E-state index is 11.4. The average Bonchev–Trinajstić information content (AvgIpc) is 2.07. The van der Waals surface area contributed by atoms with Gasteiger partial charge in [0.15, 0.2) is 0 Å². The first-order valence-electron chi connectivity index (χ1n) is 4.82. The first kappa shape index (κ1) is 8.05. The Labute approximate surface area is 73.1 Å². The summed E-state index contributed by atoms with van der Waals surface area (Å²) < 4.78 is 0. The Bertz CT molecular complexity index is 193. The van der Waals surface area contributed by atoms with E-state index in [2.05, 4.69) is 17.1 Å². The fourth-order valence-corrected chi connectivity index (χ4v) is 2.33. The van der Waals surface area contributed by atoms with Crippen molar-refractivity contribution in [3.8, 4) is 0 Å². The lowest BCUT2D eigenvalue weighted by molar-refractivity contribution is -0.131. The van der Waals surface area contributed by atoms with Gasteiger partial charge >= 0.3 is 0 Å². The highest BCUT2D eigenvalue weighted by Gasteiger charge is 2.34. The normalized spacial score (nSPS) is 37.2. The molecule has 12 heavy (non-hydrogen) atoms. The molecule has 2 rings (SSSR count). The molecule has 1 N–H and O–H groups in total. The van der Waals surface area contributed by atoms with Crippen LogP contribution in [0.2, 0.25) is 0 Å². The number of fused-ring (bicyclic) bond motifs is 1. The van der Waals surface area contributed by atoms with E-state index in [1.54, 1.807) is 0 Å². The Morgan fingerprint density at radius 2 is 2.33 bits per heavy atom. The van der Waals surface area contributed by atoms with Gasteiger partial charge in [-0.1, -0.05) is 0 Å². The van der Waals surface area contributed by atoms with Crippen LogP contribution in [0, 0.1) is 0 Å². The zero-order valence-corrected chi connectivity index (χ0v) is 7.55. The van der Waals surface area contributed by atoms with Crippen LogP contribution in [0.1, 0.15) is 26.2 Å². The molecular weight excluding hydrogens is 152 g/mol. The molecule has 0 aromatic carbocycles. The summed E-state index contributed by atoms with van der Waals surface area (Å²) >= 11 is 0. The SMILES string of the molecule is CC1CCCC2C(=O)NCCN12. The van der Waals surface area contributed by atoms with E-state index in [0.717, 1.165) is 19.5 Å². The Balaban J connectivity index is 2.10. The van der Waals surface area contributed by atoms with Crippen LogP contribution in [0.25, 0.3) is 0 Å². The molecule has 3 nitrogen and oxygen atoms in total. The number of nitrogens with one attached hydrogen (secondary N) is 1. The second-order valence-corrected chi connectivity index (χ2v) is 3.82. The van der Waals surface area contributed by atoms with Gasteiger partial charge < -0.3 is 5.32 Å². The minimum atomic E-state index is 0.183. The zero-order valence-electron chi connectivity index (χ0n) is 7.55. The molecular formula is C9H16N2O. The van der Waals surface area contributed by atoms with Gasteiger partial charge in [0, 0.05) is 19.1 Å². The molecule has 1 amide bonds. The number of carbonyl (C=O) groups excluding carboxylic acids is 1. The van der Waals surface area contributed by atoms with E-state index in [9.17, 15) is 4.79 Å². The number of amides is 1. The molecule has 0 aromatic heterocycles. The maximum absolute atomic E-state index is 11.4. The molecule has 0 aliphatic carbocycles. The Morgan fingerprint density at radius 3 is 3.08 bits per heavy atom. The van der Waals surface area contributed by atoms with Crippen molar-refractivity contribution in [1.29, 1.82) is 0 Å². The largest absolute Gasteiger partial charge is 0.353 e. The average molecular weight is 168 g/mol. The summed E-state index contributed by atoms with van der Waals surface area (Å²) in [5, 5.41) is 2.92. The summed E-state index contributed by atoms with van der Waals surface area (Å²) in [5.41, 5.74) is 0. The molecule has 3 heteroatoms. The number of nitrogens with zero attached hydrogens (tertiary/aromatic N) is 1. The molecule has 2 saturated heterocycles. The molecule has 0 spiro atoms. The van der Waals surface area contributed by atoms with Gasteiger partial charge in [-0.15, -0.1) is 0 Å². The Morgan fingerprint density at radius 1 is 1.50 bits per heavy atom. The number of piperidine rings is 1. The molecule has 68 valence electrons. The predicted molar refractivity (Wildman–Crippen MR) is 46.8 cm³/mol. The number of piperazine rings is 1. The smallest absolute Gasteiger partial charge is 0.237 e. The fourth-order valence-electron chi connectivity index (χ4n) is 2.33. The van der Waals surface area contributed by atoms with Gasteiger partial charge in [-0.05, 0) is 26.2 Å². The van der Waals surface area contributed by atoms with Gasteiger partial charge in [0.25, 0.3) is 0 Å². The minimum absolute atomic E-state index is 0.183. The lowest BCUT2D eigenvalue weighted by atomic mass is 9.94. The zero-order chi connectivity index (χ0) is 8.55. The predicted octanol–water partition coefficient (Wildman–Crippen LogP) is 0.359. The van der Waals surface area contributed by atoms with Crippen LogP contribution in [0.15, 0.2) is 0 Å². The van der Waals surface area contributed by atoms with Crippen molar-refractivity contribution in [2.75, 3.05) is 13.1 Å². The molecule has 2 aliphatic heterocycles. The molecule has 2 unspecified atom stereocenters. The van der Waals surface area contributed by atoms with Gasteiger partial charge in [0.1, 0.15) is 0 Å².